The number of hydrogen-bond acceptors (Lipinski definition) is 5. The molecular weight excluding hydrogens is 491 g/mol. The lowest BCUT2D eigenvalue weighted by atomic mass is 9.97. The van der Waals surface area contributed by atoms with Crippen molar-refractivity contribution in [2.75, 3.05) is 13.1 Å². The number of nitrogens with two attached hydrogens (primary N) is 1. The molecule has 3 fully saturated rings. The minimum absolute atomic E-state index is 0.0397. The van der Waals surface area contributed by atoms with Crippen molar-refractivity contribution >= 4 is 15.9 Å². The molecule has 202 valence electrons. The van der Waals surface area contributed by atoms with Crippen LogP contribution in [0.5, 0.6) is 0 Å². The van der Waals surface area contributed by atoms with Gasteiger partial charge in [-0.1, -0.05) is 44.9 Å². The summed E-state index contributed by atoms with van der Waals surface area (Å²) in [5, 5.41) is -0.547. The van der Waals surface area contributed by atoms with Crippen LogP contribution in [0.1, 0.15) is 69.9 Å². The normalized spacial score (nSPS) is 26.5. The summed E-state index contributed by atoms with van der Waals surface area (Å²) in [5.41, 5.74) is 6.15. The first kappa shape index (κ1) is 27.4. The summed E-state index contributed by atoms with van der Waals surface area (Å²) >= 11 is 0. The van der Waals surface area contributed by atoms with E-state index in [0.717, 1.165) is 25.3 Å². The van der Waals surface area contributed by atoms with Crippen molar-refractivity contribution in [2.24, 2.45) is 23.5 Å². The lowest BCUT2D eigenvalue weighted by Gasteiger charge is -2.36. The highest BCUT2D eigenvalue weighted by Crippen LogP contribution is 2.44. The van der Waals surface area contributed by atoms with E-state index in [-0.39, 0.29) is 17.8 Å². The third-order valence-electron chi connectivity index (χ3n) is 8.11. The molecular formula is C26H38F3N3O3S. The van der Waals surface area contributed by atoms with E-state index in [1.807, 2.05) is 13.8 Å². The molecule has 1 amide bonds. The number of hydrogen-bond donors (Lipinski definition) is 1. The number of benzene rings is 1. The molecule has 1 aliphatic heterocycles. The molecule has 0 aromatic heterocycles. The summed E-state index contributed by atoms with van der Waals surface area (Å²) < 4.78 is 68.2. The summed E-state index contributed by atoms with van der Waals surface area (Å²) in [6.07, 6.45) is 0.223. The molecule has 2 aliphatic carbocycles. The standard InChI is InChI=1S/C26H38F3N3O3S/c1-17(2)12-23(30)25(33)32(36(34,35)21-8-3-4-9-21)24-11-10-19-15-31(16-22(19)24)14-18-6-5-7-20(13-18)26(27,28)29/h5-7,13,17,19,21-24H,3-4,8-12,14-16,30H2,1-2H3/t19-,22+,23-,24+/m0/s1. The van der Waals surface area contributed by atoms with Crippen molar-refractivity contribution in [3.63, 3.8) is 0 Å². The first-order chi connectivity index (χ1) is 16.9. The van der Waals surface area contributed by atoms with Crippen molar-refractivity contribution in [1.29, 1.82) is 0 Å². The van der Waals surface area contributed by atoms with Gasteiger partial charge in [0.05, 0.1) is 22.9 Å². The van der Waals surface area contributed by atoms with Gasteiger partial charge in [-0.2, -0.15) is 13.2 Å². The molecule has 1 aromatic carbocycles. The minimum atomic E-state index is -4.40. The molecule has 1 saturated heterocycles. The fourth-order valence-corrected chi connectivity index (χ4v) is 8.73. The predicted molar refractivity (Wildman–Crippen MR) is 132 cm³/mol. The molecule has 36 heavy (non-hydrogen) atoms. The van der Waals surface area contributed by atoms with Gasteiger partial charge in [-0.3, -0.25) is 9.69 Å². The van der Waals surface area contributed by atoms with Crippen LogP contribution >= 0.6 is 0 Å². The molecule has 2 N–H and O–H groups in total. The highest BCUT2D eigenvalue weighted by molar-refractivity contribution is 7.90. The molecule has 10 heteroatoms. The van der Waals surface area contributed by atoms with E-state index in [0.29, 0.717) is 50.9 Å². The van der Waals surface area contributed by atoms with Gasteiger partial charge in [0, 0.05) is 19.6 Å². The van der Waals surface area contributed by atoms with Crippen molar-refractivity contribution in [2.45, 2.75) is 88.8 Å². The summed E-state index contributed by atoms with van der Waals surface area (Å²) in [5.74, 6) is -0.179. The van der Waals surface area contributed by atoms with E-state index in [2.05, 4.69) is 4.90 Å². The van der Waals surface area contributed by atoms with Gasteiger partial charge in [-0.15, -0.1) is 0 Å². The zero-order valence-corrected chi connectivity index (χ0v) is 21.9. The van der Waals surface area contributed by atoms with E-state index in [1.165, 1.54) is 16.4 Å². The van der Waals surface area contributed by atoms with Crippen LogP contribution in [0.15, 0.2) is 24.3 Å². The number of halogens is 3. The number of amides is 1. The average Bonchev–Trinajstić information content (AvgIpc) is 3.52. The second-order valence-electron chi connectivity index (χ2n) is 11.3. The number of sulfonamides is 1. The van der Waals surface area contributed by atoms with Crippen LogP contribution in [0.3, 0.4) is 0 Å². The summed E-state index contributed by atoms with van der Waals surface area (Å²) in [6.45, 7) is 5.50. The molecule has 0 bridgehead atoms. The van der Waals surface area contributed by atoms with Gasteiger partial charge in [0.15, 0.2) is 0 Å². The Labute approximate surface area is 212 Å². The number of fused-ring (bicyclic) bond motifs is 1. The van der Waals surface area contributed by atoms with Crippen LogP contribution in [0.25, 0.3) is 0 Å². The molecule has 3 aliphatic rings. The van der Waals surface area contributed by atoms with Gasteiger partial charge < -0.3 is 5.73 Å². The number of nitrogens with zero attached hydrogens (tertiary/aromatic N) is 2. The summed E-state index contributed by atoms with van der Waals surface area (Å²) in [6, 6.07) is 4.03. The zero-order valence-electron chi connectivity index (χ0n) is 21.1. The predicted octanol–water partition coefficient (Wildman–Crippen LogP) is 4.39. The first-order valence-electron chi connectivity index (χ1n) is 13.1. The minimum Gasteiger partial charge on any atom is -0.320 e. The first-order valence-corrected chi connectivity index (χ1v) is 14.6. The maximum Gasteiger partial charge on any atom is 0.416 e. The lowest BCUT2D eigenvalue weighted by Crippen LogP contribution is -2.55. The van der Waals surface area contributed by atoms with E-state index in [4.69, 9.17) is 5.73 Å². The van der Waals surface area contributed by atoms with Gasteiger partial charge in [0.25, 0.3) is 5.91 Å². The average molecular weight is 530 g/mol. The van der Waals surface area contributed by atoms with Gasteiger partial charge in [-0.25, -0.2) is 12.7 Å². The quantitative estimate of drug-likeness (QED) is 0.540. The molecule has 4 rings (SSSR count). The number of rotatable bonds is 8. The fraction of sp³-hybridized carbons (Fsp3) is 0.731. The fourth-order valence-electron chi connectivity index (χ4n) is 6.45. The smallest absolute Gasteiger partial charge is 0.320 e. The third-order valence-corrected chi connectivity index (χ3v) is 10.4. The van der Waals surface area contributed by atoms with Crippen molar-refractivity contribution in [3.8, 4) is 0 Å². The van der Waals surface area contributed by atoms with Crippen LogP contribution in [-0.4, -0.2) is 54.0 Å². The van der Waals surface area contributed by atoms with Crippen LogP contribution in [0.2, 0.25) is 0 Å². The Morgan fingerprint density at radius 2 is 1.83 bits per heavy atom. The Morgan fingerprint density at radius 3 is 2.47 bits per heavy atom. The molecule has 1 heterocycles. The molecule has 2 saturated carbocycles. The van der Waals surface area contributed by atoms with Gasteiger partial charge in [0.2, 0.25) is 10.0 Å². The van der Waals surface area contributed by atoms with Gasteiger partial charge >= 0.3 is 6.18 Å². The maximum atomic E-state index is 13.8. The number of carbonyl (C=O) groups excluding carboxylic acids is 1. The van der Waals surface area contributed by atoms with E-state index >= 15 is 0 Å². The van der Waals surface area contributed by atoms with E-state index in [9.17, 15) is 26.4 Å². The Hall–Kier alpha value is -1.65. The lowest BCUT2D eigenvalue weighted by molar-refractivity contribution is -0.137. The molecule has 4 atom stereocenters. The van der Waals surface area contributed by atoms with Crippen molar-refractivity contribution in [3.05, 3.63) is 35.4 Å². The van der Waals surface area contributed by atoms with Gasteiger partial charge in [0.1, 0.15) is 0 Å². The number of likely N-dealkylation sites (tertiary alicyclic amines) is 1. The number of carbonyl (C=O) groups is 1. The Balaban J connectivity index is 1.54. The largest absolute Gasteiger partial charge is 0.416 e. The van der Waals surface area contributed by atoms with Crippen LogP contribution in [0.4, 0.5) is 13.2 Å². The molecule has 0 radical (unpaired) electrons. The van der Waals surface area contributed by atoms with Gasteiger partial charge in [-0.05, 0) is 61.5 Å². The highest BCUT2D eigenvalue weighted by Gasteiger charge is 2.51. The second kappa shape index (κ2) is 10.6. The van der Waals surface area contributed by atoms with E-state index in [1.54, 1.807) is 6.07 Å². The number of alkyl halides is 3. The third kappa shape index (κ3) is 5.75. The molecule has 0 spiro atoms. The highest BCUT2D eigenvalue weighted by atomic mass is 32.2. The van der Waals surface area contributed by atoms with E-state index < -0.39 is 45.0 Å². The summed E-state index contributed by atoms with van der Waals surface area (Å²) in [7, 11) is -3.84. The van der Waals surface area contributed by atoms with Crippen LogP contribution < -0.4 is 5.73 Å². The molecule has 0 unspecified atom stereocenters. The zero-order chi connectivity index (χ0) is 26.3. The Morgan fingerprint density at radius 1 is 1.14 bits per heavy atom. The second-order valence-corrected chi connectivity index (χ2v) is 13.4. The maximum absolute atomic E-state index is 13.8. The Bertz CT molecular complexity index is 1040. The topological polar surface area (TPSA) is 83.7 Å². The van der Waals surface area contributed by atoms with Crippen LogP contribution in [-0.2, 0) is 27.5 Å². The van der Waals surface area contributed by atoms with Crippen molar-refractivity contribution < 1.29 is 26.4 Å². The molecule has 1 aromatic rings. The van der Waals surface area contributed by atoms with Crippen molar-refractivity contribution in [1.82, 2.24) is 9.21 Å². The van der Waals surface area contributed by atoms with Crippen LogP contribution in [0, 0.1) is 17.8 Å². The monoisotopic (exact) mass is 529 g/mol. The summed E-state index contributed by atoms with van der Waals surface area (Å²) in [4.78, 5) is 15.7. The Kier molecular flexibility index (Phi) is 8.07. The molecule has 6 nitrogen and oxygen atoms in total. The SMILES string of the molecule is CC(C)C[C@H](N)C(=O)N([C@@H]1CC[C@H]2CN(Cc3cccc(C(F)(F)F)c3)C[C@H]21)S(=O)(=O)C1CCCC1.